The summed E-state index contributed by atoms with van der Waals surface area (Å²) in [5.41, 5.74) is -0.979. The van der Waals surface area contributed by atoms with Gasteiger partial charge in [-0.3, -0.25) is 0 Å². The molecule has 2 rings (SSSR count). The average Bonchev–Trinajstić information content (AvgIpc) is 2.45. The minimum atomic E-state index is -4.51. The molecule has 0 N–H and O–H groups in total. The van der Waals surface area contributed by atoms with E-state index in [0.29, 0.717) is 6.07 Å². The molecule has 116 valence electrons. The first-order chi connectivity index (χ1) is 10.4. The third-order valence-corrected chi connectivity index (χ3v) is 2.77. The predicted molar refractivity (Wildman–Crippen MR) is 70.2 cm³/mol. The van der Waals surface area contributed by atoms with Crippen molar-refractivity contribution in [1.82, 2.24) is 0 Å². The molecular formula is C15H10F5NO. The third-order valence-electron chi connectivity index (χ3n) is 2.77. The van der Waals surface area contributed by atoms with Crippen LogP contribution in [0.15, 0.2) is 47.6 Å². The molecule has 0 amide bonds. The Morgan fingerprint density at radius 2 is 1.77 bits per heavy atom. The Morgan fingerprint density at radius 3 is 2.45 bits per heavy atom. The maximum Gasteiger partial charge on any atom is 0.417 e. The van der Waals surface area contributed by atoms with Gasteiger partial charge < -0.3 is 4.84 Å². The van der Waals surface area contributed by atoms with Gasteiger partial charge in [0.05, 0.1) is 11.8 Å². The SMILES string of the molecule is Fc1ccc(CON=Cc2ccccc2C(F)(F)F)c(F)c1. The molecule has 0 saturated heterocycles. The van der Waals surface area contributed by atoms with Crippen molar-refractivity contribution in [1.29, 1.82) is 0 Å². The van der Waals surface area contributed by atoms with Crippen LogP contribution in [0, 0.1) is 11.6 Å². The molecule has 0 fully saturated rings. The number of oxime groups is 1. The lowest BCUT2D eigenvalue weighted by molar-refractivity contribution is -0.137. The second-order valence-corrected chi connectivity index (χ2v) is 4.33. The van der Waals surface area contributed by atoms with Crippen LogP contribution in [0.5, 0.6) is 0 Å². The van der Waals surface area contributed by atoms with Gasteiger partial charge in [0.15, 0.2) is 0 Å². The molecule has 0 bridgehead atoms. The highest BCUT2D eigenvalue weighted by atomic mass is 19.4. The number of hydrogen-bond donors (Lipinski definition) is 0. The molecule has 0 unspecified atom stereocenters. The molecule has 0 saturated carbocycles. The fourth-order valence-electron chi connectivity index (χ4n) is 1.71. The van der Waals surface area contributed by atoms with Gasteiger partial charge in [0.1, 0.15) is 18.2 Å². The minimum Gasteiger partial charge on any atom is -0.391 e. The molecule has 0 aliphatic rings. The highest BCUT2D eigenvalue weighted by molar-refractivity contribution is 5.81. The molecule has 0 atom stereocenters. The Morgan fingerprint density at radius 1 is 1.05 bits per heavy atom. The molecule has 0 radical (unpaired) electrons. The Balaban J connectivity index is 2.05. The maximum absolute atomic E-state index is 13.3. The summed E-state index contributed by atoms with van der Waals surface area (Å²) in [5, 5.41) is 3.39. The standard InChI is InChI=1S/C15H10F5NO/c16-12-6-5-11(14(17)7-12)9-22-21-8-10-3-1-2-4-13(10)15(18,19)20/h1-8H,9H2. The first kappa shape index (κ1) is 15.9. The molecule has 0 aliphatic heterocycles. The van der Waals surface area contributed by atoms with E-state index in [1.54, 1.807) is 0 Å². The first-order valence-electron chi connectivity index (χ1n) is 6.13. The lowest BCUT2D eigenvalue weighted by Gasteiger charge is -2.09. The van der Waals surface area contributed by atoms with Crippen LogP contribution < -0.4 is 0 Å². The van der Waals surface area contributed by atoms with E-state index in [1.165, 1.54) is 24.3 Å². The Bertz CT molecular complexity index is 682. The van der Waals surface area contributed by atoms with Crippen molar-refractivity contribution in [2.45, 2.75) is 12.8 Å². The minimum absolute atomic E-state index is 0.0441. The van der Waals surface area contributed by atoms with Crippen LogP contribution in [-0.2, 0) is 17.6 Å². The number of nitrogens with zero attached hydrogens (tertiary/aromatic N) is 1. The largest absolute Gasteiger partial charge is 0.417 e. The number of rotatable bonds is 4. The van der Waals surface area contributed by atoms with Gasteiger partial charge in [0.25, 0.3) is 0 Å². The quantitative estimate of drug-likeness (QED) is 0.461. The van der Waals surface area contributed by atoms with Gasteiger partial charge in [-0.05, 0) is 18.2 Å². The molecule has 2 aromatic rings. The molecule has 2 nitrogen and oxygen atoms in total. The summed E-state index contributed by atoms with van der Waals surface area (Å²) in [6.07, 6.45) is -3.62. The predicted octanol–water partition coefficient (Wildman–Crippen LogP) is 4.53. The lowest BCUT2D eigenvalue weighted by Crippen LogP contribution is -2.08. The van der Waals surface area contributed by atoms with Gasteiger partial charge >= 0.3 is 6.18 Å². The van der Waals surface area contributed by atoms with Crippen LogP contribution >= 0.6 is 0 Å². The monoisotopic (exact) mass is 315 g/mol. The lowest BCUT2D eigenvalue weighted by atomic mass is 10.1. The number of benzene rings is 2. The molecule has 2 aromatic carbocycles. The zero-order chi connectivity index (χ0) is 16.2. The van der Waals surface area contributed by atoms with Crippen molar-refractivity contribution >= 4 is 6.21 Å². The van der Waals surface area contributed by atoms with E-state index < -0.39 is 23.4 Å². The molecule has 0 aliphatic carbocycles. The summed E-state index contributed by atoms with van der Waals surface area (Å²) in [7, 11) is 0. The normalized spacial score (nSPS) is 11.9. The van der Waals surface area contributed by atoms with Gasteiger partial charge in [0, 0.05) is 17.2 Å². The van der Waals surface area contributed by atoms with Crippen molar-refractivity contribution in [3.63, 3.8) is 0 Å². The van der Waals surface area contributed by atoms with E-state index in [9.17, 15) is 22.0 Å². The van der Waals surface area contributed by atoms with Gasteiger partial charge in [0.2, 0.25) is 0 Å². The van der Waals surface area contributed by atoms with Crippen molar-refractivity contribution in [3.8, 4) is 0 Å². The number of halogens is 5. The van der Waals surface area contributed by atoms with E-state index in [0.717, 1.165) is 18.3 Å². The van der Waals surface area contributed by atoms with Crippen molar-refractivity contribution in [2.24, 2.45) is 5.16 Å². The van der Waals surface area contributed by atoms with Crippen LogP contribution in [0.1, 0.15) is 16.7 Å². The summed E-state index contributed by atoms with van der Waals surface area (Å²) in [6, 6.07) is 7.73. The molecule has 7 heteroatoms. The molecule has 0 aromatic heterocycles. The summed E-state index contributed by atoms with van der Waals surface area (Å²) in [5.74, 6) is -1.55. The van der Waals surface area contributed by atoms with Crippen molar-refractivity contribution in [2.75, 3.05) is 0 Å². The Kier molecular flexibility index (Phi) is 4.75. The molecule has 0 spiro atoms. The van der Waals surface area contributed by atoms with Crippen LogP contribution in [-0.4, -0.2) is 6.21 Å². The van der Waals surface area contributed by atoms with Crippen LogP contribution in [0.4, 0.5) is 22.0 Å². The topological polar surface area (TPSA) is 21.6 Å². The highest BCUT2D eigenvalue weighted by Crippen LogP contribution is 2.31. The average molecular weight is 315 g/mol. The second kappa shape index (κ2) is 6.55. The smallest absolute Gasteiger partial charge is 0.391 e. The van der Waals surface area contributed by atoms with Crippen LogP contribution in [0.25, 0.3) is 0 Å². The summed E-state index contributed by atoms with van der Waals surface area (Å²) >= 11 is 0. The summed E-state index contributed by atoms with van der Waals surface area (Å²) in [4.78, 5) is 4.75. The van der Waals surface area contributed by atoms with E-state index in [4.69, 9.17) is 4.84 Å². The maximum atomic E-state index is 13.3. The fraction of sp³-hybridized carbons (Fsp3) is 0.133. The zero-order valence-electron chi connectivity index (χ0n) is 11.1. The summed E-state index contributed by atoms with van der Waals surface area (Å²) < 4.78 is 64.2. The van der Waals surface area contributed by atoms with E-state index in [1.807, 2.05) is 0 Å². The zero-order valence-corrected chi connectivity index (χ0v) is 11.1. The Labute approximate surface area is 122 Å². The Hall–Kier alpha value is -2.44. The van der Waals surface area contributed by atoms with Crippen LogP contribution in [0.2, 0.25) is 0 Å². The second-order valence-electron chi connectivity index (χ2n) is 4.33. The third kappa shape index (κ3) is 4.03. The molecular weight excluding hydrogens is 305 g/mol. The van der Waals surface area contributed by atoms with Gasteiger partial charge in [-0.1, -0.05) is 23.4 Å². The van der Waals surface area contributed by atoms with Crippen molar-refractivity contribution in [3.05, 3.63) is 70.8 Å². The molecule has 0 heterocycles. The van der Waals surface area contributed by atoms with Gasteiger partial charge in [-0.2, -0.15) is 13.2 Å². The fourth-order valence-corrected chi connectivity index (χ4v) is 1.71. The van der Waals surface area contributed by atoms with Crippen LogP contribution in [0.3, 0.4) is 0 Å². The van der Waals surface area contributed by atoms with E-state index in [2.05, 4.69) is 5.16 Å². The summed E-state index contributed by atoms with van der Waals surface area (Å²) in [6.45, 7) is -0.323. The van der Waals surface area contributed by atoms with Gasteiger partial charge in [-0.25, -0.2) is 8.78 Å². The van der Waals surface area contributed by atoms with E-state index >= 15 is 0 Å². The van der Waals surface area contributed by atoms with E-state index in [-0.39, 0.29) is 17.7 Å². The number of hydrogen-bond acceptors (Lipinski definition) is 2. The van der Waals surface area contributed by atoms with Crippen molar-refractivity contribution < 1.29 is 26.8 Å². The molecule has 22 heavy (non-hydrogen) atoms. The first-order valence-corrected chi connectivity index (χ1v) is 6.13. The highest BCUT2D eigenvalue weighted by Gasteiger charge is 2.32. The van der Waals surface area contributed by atoms with Gasteiger partial charge in [-0.15, -0.1) is 0 Å². The number of alkyl halides is 3.